The number of hydrogen-bond acceptors (Lipinski definition) is 5. The molecule has 98 valence electrons. The zero-order valence-corrected chi connectivity index (χ0v) is 10.5. The van der Waals surface area contributed by atoms with E-state index in [4.69, 9.17) is 9.47 Å². The molecule has 0 bridgehead atoms. The monoisotopic (exact) mass is 243 g/mol. The molecule has 0 amide bonds. The van der Waals surface area contributed by atoms with Gasteiger partial charge >= 0.3 is 5.97 Å². The van der Waals surface area contributed by atoms with Gasteiger partial charge in [0.2, 0.25) is 0 Å². The Labute approximate surface area is 102 Å². The number of hydrogen-bond donors (Lipinski definition) is 1. The molecule has 0 spiro atoms. The Morgan fingerprint density at radius 1 is 1.65 bits per heavy atom. The number of morpholine rings is 1. The summed E-state index contributed by atoms with van der Waals surface area (Å²) in [4.78, 5) is 13.5. The Hall–Kier alpha value is -0.910. The van der Waals surface area contributed by atoms with Crippen molar-refractivity contribution in [3.63, 3.8) is 0 Å². The fraction of sp³-hybridized carbons (Fsp3) is 0.750. The smallest absolute Gasteiger partial charge is 0.333 e. The summed E-state index contributed by atoms with van der Waals surface area (Å²) in [5, 5.41) is 9.21. The SMILES string of the molecule is CCC(=CCN1CCOCC1CO)C(=O)OC. The lowest BCUT2D eigenvalue weighted by Gasteiger charge is -2.33. The standard InChI is InChI=1S/C12H21NO4/c1-3-10(12(15)16-2)4-5-13-6-7-17-9-11(13)8-14/h4,11,14H,3,5-9H2,1-2H3. The van der Waals surface area contributed by atoms with Gasteiger partial charge < -0.3 is 14.6 Å². The largest absolute Gasteiger partial charge is 0.466 e. The average Bonchev–Trinajstić information content (AvgIpc) is 2.39. The van der Waals surface area contributed by atoms with E-state index in [0.29, 0.717) is 31.8 Å². The van der Waals surface area contributed by atoms with Crippen molar-refractivity contribution in [3.05, 3.63) is 11.6 Å². The number of carbonyl (C=O) groups is 1. The number of ether oxygens (including phenoxy) is 2. The maximum Gasteiger partial charge on any atom is 0.333 e. The van der Waals surface area contributed by atoms with Crippen molar-refractivity contribution >= 4 is 5.97 Å². The Morgan fingerprint density at radius 3 is 3.00 bits per heavy atom. The number of carbonyl (C=O) groups excluding carboxylic acids is 1. The van der Waals surface area contributed by atoms with Gasteiger partial charge in [0.1, 0.15) is 0 Å². The predicted molar refractivity (Wildman–Crippen MR) is 63.7 cm³/mol. The van der Waals surface area contributed by atoms with Gasteiger partial charge in [0.25, 0.3) is 0 Å². The molecule has 0 aromatic heterocycles. The molecule has 0 aromatic carbocycles. The van der Waals surface area contributed by atoms with Crippen LogP contribution in [0.5, 0.6) is 0 Å². The molecule has 5 heteroatoms. The summed E-state index contributed by atoms with van der Waals surface area (Å²) >= 11 is 0. The van der Waals surface area contributed by atoms with Gasteiger partial charge in [-0.3, -0.25) is 4.90 Å². The predicted octanol–water partition coefficient (Wildman–Crippen LogP) is 0.189. The molecule has 1 heterocycles. The minimum Gasteiger partial charge on any atom is -0.466 e. The average molecular weight is 243 g/mol. The molecule has 1 aliphatic heterocycles. The lowest BCUT2D eigenvalue weighted by atomic mass is 10.1. The molecular formula is C12H21NO4. The Bertz CT molecular complexity index is 278. The summed E-state index contributed by atoms with van der Waals surface area (Å²) in [7, 11) is 1.39. The second-order valence-corrected chi connectivity index (χ2v) is 3.98. The second kappa shape index (κ2) is 7.42. The lowest BCUT2D eigenvalue weighted by Crippen LogP contribution is -2.47. The van der Waals surface area contributed by atoms with Gasteiger partial charge in [-0.1, -0.05) is 13.0 Å². The van der Waals surface area contributed by atoms with Gasteiger partial charge in [-0.15, -0.1) is 0 Å². The van der Waals surface area contributed by atoms with Crippen LogP contribution in [-0.2, 0) is 14.3 Å². The highest BCUT2D eigenvalue weighted by Crippen LogP contribution is 2.09. The van der Waals surface area contributed by atoms with Gasteiger partial charge in [-0.2, -0.15) is 0 Å². The van der Waals surface area contributed by atoms with Crippen molar-refractivity contribution in [2.45, 2.75) is 19.4 Å². The Kier molecular flexibility index (Phi) is 6.18. The molecule has 0 aromatic rings. The van der Waals surface area contributed by atoms with Gasteiger partial charge in [0.15, 0.2) is 0 Å². The number of esters is 1. The number of aliphatic hydroxyl groups excluding tert-OH is 1. The van der Waals surface area contributed by atoms with Crippen LogP contribution in [-0.4, -0.2) is 62.0 Å². The van der Waals surface area contributed by atoms with Crippen molar-refractivity contribution in [2.75, 3.05) is 40.0 Å². The van der Waals surface area contributed by atoms with Crippen LogP contribution in [0, 0.1) is 0 Å². The van der Waals surface area contributed by atoms with Crippen LogP contribution in [0.2, 0.25) is 0 Å². The molecule has 1 N–H and O–H groups in total. The first-order valence-electron chi connectivity index (χ1n) is 5.92. The molecular weight excluding hydrogens is 222 g/mol. The van der Waals surface area contributed by atoms with E-state index in [1.54, 1.807) is 0 Å². The molecule has 0 saturated carbocycles. The summed E-state index contributed by atoms with van der Waals surface area (Å²) in [5.41, 5.74) is 0.677. The molecule has 1 fully saturated rings. The van der Waals surface area contributed by atoms with Crippen LogP contribution < -0.4 is 0 Å². The maximum atomic E-state index is 11.4. The Morgan fingerprint density at radius 2 is 2.41 bits per heavy atom. The minimum atomic E-state index is -0.277. The number of aliphatic hydroxyl groups is 1. The van der Waals surface area contributed by atoms with Crippen LogP contribution in [0.1, 0.15) is 13.3 Å². The van der Waals surface area contributed by atoms with Crippen molar-refractivity contribution in [3.8, 4) is 0 Å². The second-order valence-electron chi connectivity index (χ2n) is 3.98. The fourth-order valence-corrected chi connectivity index (χ4v) is 1.83. The van der Waals surface area contributed by atoms with Crippen LogP contribution in [0.25, 0.3) is 0 Å². The first-order chi connectivity index (χ1) is 8.22. The van der Waals surface area contributed by atoms with Crippen LogP contribution in [0.15, 0.2) is 11.6 Å². The van der Waals surface area contributed by atoms with Gasteiger partial charge in [-0.25, -0.2) is 4.79 Å². The first-order valence-corrected chi connectivity index (χ1v) is 5.92. The summed E-state index contributed by atoms with van der Waals surface area (Å²) in [5.74, 6) is -0.277. The third-order valence-electron chi connectivity index (χ3n) is 2.96. The van der Waals surface area contributed by atoms with E-state index in [2.05, 4.69) is 4.90 Å². The minimum absolute atomic E-state index is 0.0238. The van der Waals surface area contributed by atoms with E-state index < -0.39 is 0 Å². The van der Waals surface area contributed by atoms with Crippen molar-refractivity contribution < 1.29 is 19.4 Å². The normalized spacial score (nSPS) is 22.5. The molecule has 17 heavy (non-hydrogen) atoms. The third kappa shape index (κ3) is 4.11. The zero-order chi connectivity index (χ0) is 12.7. The molecule has 1 saturated heterocycles. The van der Waals surface area contributed by atoms with E-state index in [-0.39, 0.29) is 18.6 Å². The van der Waals surface area contributed by atoms with Crippen LogP contribution in [0.3, 0.4) is 0 Å². The molecule has 1 aliphatic rings. The summed E-state index contributed by atoms with van der Waals surface area (Å²) in [6.07, 6.45) is 2.53. The first kappa shape index (κ1) is 14.2. The van der Waals surface area contributed by atoms with E-state index in [1.807, 2.05) is 13.0 Å². The van der Waals surface area contributed by atoms with Crippen LogP contribution >= 0.6 is 0 Å². The zero-order valence-electron chi connectivity index (χ0n) is 10.5. The number of rotatable bonds is 5. The topological polar surface area (TPSA) is 59.0 Å². The molecule has 0 radical (unpaired) electrons. The van der Waals surface area contributed by atoms with E-state index in [0.717, 1.165) is 6.54 Å². The fourth-order valence-electron chi connectivity index (χ4n) is 1.83. The van der Waals surface area contributed by atoms with Crippen LogP contribution in [0.4, 0.5) is 0 Å². The summed E-state index contributed by atoms with van der Waals surface area (Å²) in [6.45, 7) is 4.64. The van der Waals surface area contributed by atoms with Gasteiger partial charge in [0.05, 0.1) is 33.0 Å². The highest BCUT2D eigenvalue weighted by Gasteiger charge is 2.21. The van der Waals surface area contributed by atoms with E-state index >= 15 is 0 Å². The highest BCUT2D eigenvalue weighted by atomic mass is 16.5. The summed E-state index contributed by atoms with van der Waals surface area (Å²) < 4.78 is 9.99. The lowest BCUT2D eigenvalue weighted by molar-refractivity contribution is -0.136. The van der Waals surface area contributed by atoms with Crippen molar-refractivity contribution in [1.29, 1.82) is 0 Å². The number of methoxy groups -OCH3 is 1. The van der Waals surface area contributed by atoms with E-state index in [1.165, 1.54) is 7.11 Å². The van der Waals surface area contributed by atoms with Gasteiger partial charge in [-0.05, 0) is 6.42 Å². The molecule has 1 unspecified atom stereocenters. The quantitative estimate of drug-likeness (QED) is 0.552. The molecule has 1 atom stereocenters. The van der Waals surface area contributed by atoms with Crippen molar-refractivity contribution in [1.82, 2.24) is 4.90 Å². The molecule has 5 nitrogen and oxygen atoms in total. The molecule has 0 aliphatic carbocycles. The molecule has 1 rings (SSSR count). The number of nitrogens with zero attached hydrogens (tertiary/aromatic N) is 1. The Balaban J connectivity index is 2.56. The maximum absolute atomic E-state index is 11.4. The van der Waals surface area contributed by atoms with E-state index in [9.17, 15) is 9.90 Å². The third-order valence-corrected chi connectivity index (χ3v) is 2.96. The summed E-state index contributed by atoms with van der Waals surface area (Å²) in [6, 6.07) is 0.0238. The van der Waals surface area contributed by atoms with Gasteiger partial charge in [0, 0.05) is 18.7 Å². The van der Waals surface area contributed by atoms with Crippen molar-refractivity contribution in [2.24, 2.45) is 0 Å². The highest BCUT2D eigenvalue weighted by molar-refractivity contribution is 5.88.